The molecule has 0 aliphatic rings. The average Bonchev–Trinajstić information content (AvgIpc) is 0.956. The number of aliphatic hydroxyl groups excluding tert-OH is 1. The molecular formula is C84H160O17P2. The quantitative estimate of drug-likeness (QED) is 0.0169. The molecule has 0 spiro atoms. The molecule has 0 bridgehead atoms. The first-order chi connectivity index (χ1) is 50.0. The second-order valence-electron chi connectivity index (χ2n) is 30.0. The molecule has 0 fully saturated rings. The summed E-state index contributed by atoms with van der Waals surface area (Å²) in [5, 5.41) is 10.6. The third-order valence-electron chi connectivity index (χ3n) is 19.2. The van der Waals surface area contributed by atoms with Gasteiger partial charge in [0.25, 0.3) is 0 Å². The Hall–Kier alpha value is -2.46. The standard InChI is InChI=1S/C84H160O17P2/c1-6-9-12-15-18-21-23-25-27-28-29-30-31-32-36-41-45-50-55-60-65-70-84(89)101-80(74-95-82(87)68-63-58-53-48-43-39-37-33-35-38-42-47-51-56-61-66-77(4)5)76-99-103(92,93)97-72-78(85)71-96-102(90,91)98-75-79(73-94-81(86)67-62-57-52-46-20-17-14-11-8-3)100-83(88)69-64-59-54-49-44-40-34-26-24-22-19-16-13-10-7-2/h22,24,26,34,77-80,85H,6-21,23,25,27-33,35-76H2,1-5H3,(H,90,91)(H,92,93)/b24-22-,34-26-/t78-,79+,80+/m0/s1. The largest absolute Gasteiger partial charge is 0.472 e. The molecular weight excluding hydrogens is 1340 g/mol. The Labute approximate surface area is 631 Å². The van der Waals surface area contributed by atoms with Gasteiger partial charge >= 0.3 is 39.5 Å². The van der Waals surface area contributed by atoms with Crippen molar-refractivity contribution in [3.05, 3.63) is 24.3 Å². The van der Waals surface area contributed by atoms with E-state index in [-0.39, 0.29) is 25.7 Å². The highest BCUT2D eigenvalue weighted by Crippen LogP contribution is 2.45. The van der Waals surface area contributed by atoms with Gasteiger partial charge in [-0.15, -0.1) is 0 Å². The van der Waals surface area contributed by atoms with Crippen LogP contribution in [0.3, 0.4) is 0 Å². The van der Waals surface area contributed by atoms with Crippen molar-refractivity contribution in [1.82, 2.24) is 0 Å². The summed E-state index contributed by atoms with van der Waals surface area (Å²) >= 11 is 0. The summed E-state index contributed by atoms with van der Waals surface area (Å²) < 4.78 is 68.7. The summed E-state index contributed by atoms with van der Waals surface area (Å²) in [7, 11) is -9.93. The van der Waals surface area contributed by atoms with Crippen molar-refractivity contribution in [2.24, 2.45) is 5.92 Å². The zero-order valence-corrected chi connectivity index (χ0v) is 68.7. The first-order valence-electron chi connectivity index (χ1n) is 43.0. The van der Waals surface area contributed by atoms with E-state index < -0.39 is 97.5 Å². The van der Waals surface area contributed by atoms with Crippen LogP contribution in [0.4, 0.5) is 0 Å². The molecule has 0 saturated carbocycles. The summed E-state index contributed by atoms with van der Waals surface area (Å²) in [5.74, 6) is -1.33. The molecule has 103 heavy (non-hydrogen) atoms. The molecule has 0 aliphatic carbocycles. The van der Waals surface area contributed by atoms with Crippen molar-refractivity contribution in [2.75, 3.05) is 39.6 Å². The van der Waals surface area contributed by atoms with E-state index in [0.29, 0.717) is 25.7 Å². The molecule has 0 amide bonds. The second kappa shape index (κ2) is 76.3. The monoisotopic (exact) mass is 1500 g/mol. The van der Waals surface area contributed by atoms with E-state index in [1.54, 1.807) is 0 Å². The van der Waals surface area contributed by atoms with E-state index in [2.05, 4.69) is 58.9 Å². The molecule has 608 valence electrons. The first-order valence-corrected chi connectivity index (χ1v) is 45.9. The van der Waals surface area contributed by atoms with Gasteiger partial charge in [-0.1, -0.05) is 374 Å². The Morgan fingerprint density at radius 2 is 0.524 bits per heavy atom. The van der Waals surface area contributed by atoms with Crippen LogP contribution in [0.2, 0.25) is 0 Å². The second-order valence-corrected chi connectivity index (χ2v) is 32.9. The minimum Gasteiger partial charge on any atom is -0.462 e. The number of aliphatic hydroxyl groups is 1. The highest BCUT2D eigenvalue weighted by molar-refractivity contribution is 7.47. The molecule has 19 heteroatoms. The van der Waals surface area contributed by atoms with Crippen molar-refractivity contribution in [3.63, 3.8) is 0 Å². The summed E-state index contributed by atoms with van der Waals surface area (Å²) in [6.07, 6.45) is 71.7. The van der Waals surface area contributed by atoms with Gasteiger partial charge in [-0.3, -0.25) is 37.3 Å². The molecule has 5 atom stereocenters. The molecule has 0 aromatic heterocycles. The number of ether oxygens (including phenoxy) is 4. The predicted molar refractivity (Wildman–Crippen MR) is 423 cm³/mol. The summed E-state index contributed by atoms with van der Waals surface area (Å²) in [6, 6.07) is 0. The topological polar surface area (TPSA) is 237 Å². The van der Waals surface area contributed by atoms with Crippen LogP contribution in [0.5, 0.6) is 0 Å². The van der Waals surface area contributed by atoms with E-state index >= 15 is 0 Å². The van der Waals surface area contributed by atoms with Crippen LogP contribution < -0.4 is 0 Å². The maximum Gasteiger partial charge on any atom is 0.472 e. The van der Waals surface area contributed by atoms with Crippen molar-refractivity contribution in [1.29, 1.82) is 0 Å². The van der Waals surface area contributed by atoms with Crippen LogP contribution in [0.15, 0.2) is 24.3 Å². The Kier molecular flexibility index (Phi) is 74.5. The van der Waals surface area contributed by atoms with Crippen molar-refractivity contribution < 1.29 is 80.2 Å². The highest BCUT2D eigenvalue weighted by atomic mass is 31.2. The normalized spacial score (nSPS) is 14.0. The third-order valence-corrected chi connectivity index (χ3v) is 21.1. The van der Waals surface area contributed by atoms with Crippen LogP contribution in [0, 0.1) is 5.92 Å². The van der Waals surface area contributed by atoms with Gasteiger partial charge in [-0.25, -0.2) is 9.13 Å². The van der Waals surface area contributed by atoms with E-state index in [1.807, 2.05) is 0 Å². The Bertz CT molecular complexity index is 2060. The number of hydrogen-bond acceptors (Lipinski definition) is 15. The Balaban J connectivity index is 5.24. The summed E-state index contributed by atoms with van der Waals surface area (Å²) in [5.41, 5.74) is 0. The van der Waals surface area contributed by atoms with Crippen LogP contribution in [-0.2, 0) is 65.4 Å². The molecule has 0 aromatic carbocycles. The van der Waals surface area contributed by atoms with E-state index in [9.17, 15) is 43.2 Å². The van der Waals surface area contributed by atoms with Gasteiger partial charge in [-0.05, 0) is 57.3 Å². The van der Waals surface area contributed by atoms with Gasteiger partial charge in [-0.2, -0.15) is 0 Å². The van der Waals surface area contributed by atoms with Gasteiger partial charge < -0.3 is 33.8 Å². The Morgan fingerprint density at radius 3 is 0.796 bits per heavy atom. The van der Waals surface area contributed by atoms with Crippen LogP contribution >= 0.6 is 15.6 Å². The van der Waals surface area contributed by atoms with Gasteiger partial charge in [0.15, 0.2) is 12.2 Å². The van der Waals surface area contributed by atoms with Crippen LogP contribution in [0.1, 0.15) is 426 Å². The van der Waals surface area contributed by atoms with Gasteiger partial charge in [0, 0.05) is 25.7 Å². The van der Waals surface area contributed by atoms with Crippen molar-refractivity contribution >= 4 is 39.5 Å². The molecule has 0 aliphatic heterocycles. The number of carbonyl (C=O) groups is 4. The first kappa shape index (κ1) is 101. The van der Waals surface area contributed by atoms with Gasteiger partial charge in [0.05, 0.1) is 26.4 Å². The number of carbonyl (C=O) groups excluding carboxylic acids is 4. The molecule has 2 unspecified atom stereocenters. The zero-order valence-electron chi connectivity index (χ0n) is 66.9. The molecule has 0 aromatic rings. The van der Waals surface area contributed by atoms with E-state index in [4.69, 9.17) is 37.0 Å². The lowest BCUT2D eigenvalue weighted by atomic mass is 10.0. The average molecular weight is 1500 g/mol. The number of rotatable bonds is 82. The fraction of sp³-hybridized carbons (Fsp3) is 0.905. The maximum absolute atomic E-state index is 13.1. The van der Waals surface area contributed by atoms with E-state index in [0.717, 1.165) is 109 Å². The lowest BCUT2D eigenvalue weighted by Gasteiger charge is -2.21. The zero-order chi connectivity index (χ0) is 75.5. The maximum atomic E-state index is 13.1. The third kappa shape index (κ3) is 77.5. The molecule has 3 N–H and O–H groups in total. The molecule has 0 saturated heterocycles. The van der Waals surface area contributed by atoms with Crippen molar-refractivity contribution in [3.8, 4) is 0 Å². The smallest absolute Gasteiger partial charge is 0.462 e. The van der Waals surface area contributed by atoms with Gasteiger partial charge in [0.2, 0.25) is 0 Å². The van der Waals surface area contributed by atoms with Crippen LogP contribution in [-0.4, -0.2) is 96.7 Å². The summed E-state index contributed by atoms with van der Waals surface area (Å²) in [4.78, 5) is 73.0. The van der Waals surface area contributed by atoms with Crippen LogP contribution in [0.25, 0.3) is 0 Å². The lowest BCUT2D eigenvalue weighted by Crippen LogP contribution is -2.30. The SMILES string of the molecule is CCCCCC/C=C\C=C/CCCCCCCC(=O)O[C@H](COC(=O)CCCCCCCCCCC)COP(=O)(O)OC[C@H](O)COP(=O)(O)OC[C@@H](COC(=O)CCCCCCCCCCCCCCCCCC(C)C)OC(=O)CCCCCCCCCCCCCCCCCCCCCCC. The number of esters is 4. The fourth-order valence-electron chi connectivity index (χ4n) is 12.6. The molecule has 17 nitrogen and oxygen atoms in total. The number of phosphoric ester groups is 2. The molecule has 0 heterocycles. The minimum atomic E-state index is -4.97. The molecule has 0 radical (unpaired) electrons. The predicted octanol–water partition coefficient (Wildman–Crippen LogP) is 25.1. The minimum absolute atomic E-state index is 0.0854. The highest BCUT2D eigenvalue weighted by Gasteiger charge is 2.30. The van der Waals surface area contributed by atoms with E-state index in [1.165, 1.54) is 238 Å². The number of unbranched alkanes of at least 4 members (excludes halogenated alkanes) is 51. The lowest BCUT2D eigenvalue weighted by molar-refractivity contribution is -0.161. The van der Waals surface area contributed by atoms with Gasteiger partial charge in [0.1, 0.15) is 19.3 Å². The van der Waals surface area contributed by atoms with Crippen molar-refractivity contribution in [2.45, 2.75) is 445 Å². The Morgan fingerprint density at radius 1 is 0.301 bits per heavy atom. The number of hydrogen-bond donors (Lipinski definition) is 3. The number of allylic oxidation sites excluding steroid dienone is 4. The molecule has 0 rings (SSSR count). The fourth-order valence-corrected chi connectivity index (χ4v) is 14.2. The summed E-state index contributed by atoms with van der Waals surface area (Å²) in [6.45, 7) is 7.29. The number of phosphoric acid groups is 2.